The number of nitrogens with zero attached hydrogens (tertiary/aromatic N) is 3. The molecule has 24 heavy (non-hydrogen) atoms. The lowest BCUT2D eigenvalue weighted by Crippen LogP contribution is -2.42. The second-order valence-corrected chi connectivity index (χ2v) is 6.14. The van der Waals surface area contributed by atoms with Gasteiger partial charge in [0.2, 0.25) is 0 Å². The van der Waals surface area contributed by atoms with Crippen LogP contribution in [0.4, 0.5) is 0 Å². The van der Waals surface area contributed by atoms with Crippen LogP contribution in [0.2, 0.25) is 0 Å². The van der Waals surface area contributed by atoms with Gasteiger partial charge >= 0.3 is 0 Å². The van der Waals surface area contributed by atoms with Gasteiger partial charge in [0.15, 0.2) is 0 Å². The minimum absolute atomic E-state index is 0.0427. The number of methoxy groups -OCH3 is 1. The van der Waals surface area contributed by atoms with Crippen molar-refractivity contribution >= 4 is 5.91 Å². The van der Waals surface area contributed by atoms with Crippen molar-refractivity contribution in [2.24, 2.45) is 13.0 Å². The minimum atomic E-state index is 0.0427. The van der Waals surface area contributed by atoms with Crippen molar-refractivity contribution in [3.8, 4) is 11.5 Å². The molecule has 6 nitrogen and oxygen atoms in total. The highest BCUT2D eigenvalue weighted by Crippen LogP contribution is 2.22. The number of carbonyl (C=O) groups excluding carboxylic acids is 1. The molecule has 0 bridgehead atoms. The number of amides is 1. The molecule has 2 heterocycles. The average Bonchev–Trinajstić information content (AvgIpc) is 3.05. The average molecular weight is 329 g/mol. The zero-order valence-corrected chi connectivity index (χ0v) is 14.1. The van der Waals surface area contributed by atoms with E-state index in [1.807, 2.05) is 36.2 Å². The Morgan fingerprint density at radius 2 is 2.21 bits per heavy atom. The van der Waals surface area contributed by atoms with E-state index >= 15 is 0 Å². The molecule has 1 aromatic carbocycles. The van der Waals surface area contributed by atoms with Crippen molar-refractivity contribution < 1.29 is 14.3 Å². The van der Waals surface area contributed by atoms with E-state index in [0.29, 0.717) is 24.8 Å². The predicted octanol–water partition coefficient (Wildman–Crippen LogP) is 2.36. The summed E-state index contributed by atoms with van der Waals surface area (Å²) < 4.78 is 12.9. The maximum Gasteiger partial charge on any atom is 0.272 e. The fourth-order valence-electron chi connectivity index (χ4n) is 3.02. The number of benzene rings is 1. The maximum absolute atomic E-state index is 12.6. The summed E-state index contributed by atoms with van der Waals surface area (Å²) in [4.78, 5) is 18.5. The third-order valence-electron chi connectivity index (χ3n) is 4.37. The van der Waals surface area contributed by atoms with Gasteiger partial charge in [0.1, 0.15) is 17.2 Å². The Morgan fingerprint density at radius 1 is 1.38 bits per heavy atom. The zero-order valence-electron chi connectivity index (χ0n) is 14.1. The summed E-state index contributed by atoms with van der Waals surface area (Å²) >= 11 is 0. The largest absolute Gasteiger partial charge is 0.497 e. The molecule has 1 saturated heterocycles. The van der Waals surface area contributed by atoms with Gasteiger partial charge in [-0.05, 0) is 25.0 Å². The van der Waals surface area contributed by atoms with Crippen LogP contribution in [0.15, 0.2) is 36.8 Å². The molecule has 1 amide bonds. The first-order chi connectivity index (χ1) is 11.7. The Balaban J connectivity index is 1.57. The van der Waals surface area contributed by atoms with Crippen LogP contribution in [0, 0.1) is 5.92 Å². The maximum atomic E-state index is 12.6. The lowest BCUT2D eigenvalue weighted by Gasteiger charge is -2.32. The predicted molar refractivity (Wildman–Crippen MR) is 90.3 cm³/mol. The number of imidazole rings is 1. The Hall–Kier alpha value is -2.50. The summed E-state index contributed by atoms with van der Waals surface area (Å²) in [6.07, 6.45) is 5.34. The highest BCUT2D eigenvalue weighted by Gasteiger charge is 2.26. The number of aromatic nitrogens is 2. The number of hydrogen-bond acceptors (Lipinski definition) is 4. The molecule has 0 radical (unpaired) electrons. The van der Waals surface area contributed by atoms with Gasteiger partial charge in [0, 0.05) is 32.1 Å². The molecule has 0 saturated carbocycles. The SMILES string of the molecule is COc1cccc(OCC2CCCN(C(=O)c3cncn3C)C2)c1. The zero-order chi connectivity index (χ0) is 16.9. The molecule has 0 spiro atoms. The molecule has 6 heteroatoms. The van der Waals surface area contributed by atoms with Crippen molar-refractivity contribution in [3.63, 3.8) is 0 Å². The molecule has 0 N–H and O–H groups in total. The number of carbonyl (C=O) groups is 1. The van der Waals surface area contributed by atoms with E-state index in [2.05, 4.69) is 4.98 Å². The Bertz CT molecular complexity index is 698. The molecule has 1 aliphatic heterocycles. The summed E-state index contributed by atoms with van der Waals surface area (Å²) in [5, 5.41) is 0. The van der Waals surface area contributed by atoms with E-state index < -0.39 is 0 Å². The summed E-state index contributed by atoms with van der Waals surface area (Å²) in [5.41, 5.74) is 0.629. The quantitative estimate of drug-likeness (QED) is 0.845. The lowest BCUT2D eigenvalue weighted by atomic mass is 9.98. The fourth-order valence-corrected chi connectivity index (χ4v) is 3.02. The van der Waals surface area contributed by atoms with Crippen LogP contribution in [-0.2, 0) is 7.05 Å². The van der Waals surface area contributed by atoms with E-state index in [0.717, 1.165) is 30.9 Å². The molecule has 2 aromatic rings. The Kier molecular flexibility index (Phi) is 5.03. The standard InChI is InChI=1S/C18H23N3O3/c1-20-13-19-10-17(20)18(22)21-8-4-5-14(11-21)12-24-16-7-3-6-15(9-16)23-2/h3,6-7,9-10,13-14H,4-5,8,11-12H2,1-2H3. The van der Waals surface area contributed by atoms with Gasteiger partial charge in [0.25, 0.3) is 5.91 Å². The monoisotopic (exact) mass is 329 g/mol. The van der Waals surface area contributed by atoms with E-state index in [-0.39, 0.29) is 5.91 Å². The molecular weight excluding hydrogens is 306 g/mol. The fraction of sp³-hybridized carbons (Fsp3) is 0.444. The Labute approximate surface area is 142 Å². The number of rotatable bonds is 5. The van der Waals surface area contributed by atoms with Gasteiger partial charge < -0.3 is 18.9 Å². The first-order valence-corrected chi connectivity index (χ1v) is 8.20. The van der Waals surface area contributed by atoms with Crippen LogP contribution in [0.25, 0.3) is 0 Å². The van der Waals surface area contributed by atoms with Gasteiger partial charge in [-0.25, -0.2) is 4.98 Å². The van der Waals surface area contributed by atoms with Crippen LogP contribution >= 0.6 is 0 Å². The molecule has 0 aliphatic carbocycles. The summed E-state index contributed by atoms with van der Waals surface area (Å²) in [7, 11) is 3.48. The lowest BCUT2D eigenvalue weighted by molar-refractivity contribution is 0.0624. The second-order valence-electron chi connectivity index (χ2n) is 6.14. The van der Waals surface area contributed by atoms with E-state index in [1.54, 1.807) is 24.2 Å². The van der Waals surface area contributed by atoms with Crippen LogP contribution in [0.5, 0.6) is 11.5 Å². The van der Waals surface area contributed by atoms with Crippen LogP contribution in [0.1, 0.15) is 23.3 Å². The van der Waals surface area contributed by atoms with Gasteiger partial charge in [0.05, 0.1) is 26.2 Å². The number of hydrogen-bond donors (Lipinski definition) is 0. The van der Waals surface area contributed by atoms with Gasteiger partial charge in [-0.15, -0.1) is 0 Å². The van der Waals surface area contributed by atoms with Crippen molar-refractivity contribution in [1.29, 1.82) is 0 Å². The first kappa shape index (κ1) is 16.4. The summed E-state index contributed by atoms with van der Waals surface area (Å²) in [5.74, 6) is 1.96. The molecule has 1 aromatic heterocycles. The molecule has 1 aliphatic rings. The van der Waals surface area contributed by atoms with Gasteiger partial charge in [-0.3, -0.25) is 4.79 Å². The topological polar surface area (TPSA) is 56.6 Å². The van der Waals surface area contributed by atoms with Crippen molar-refractivity contribution in [1.82, 2.24) is 14.5 Å². The van der Waals surface area contributed by atoms with Crippen LogP contribution in [-0.4, -0.2) is 47.2 Å². The Morgan fingerprint density at radius 3 is 2.96 bits per heavy atom. The highest BCUT2D eigenvalue weighted by atomic mass is 16.5. The van der Waals surface area contributed by atoms with E-state index in [1.165, 1.54) is 0 Å². The third kappa shape index (κ3) is 3.69. The highest BCUT2D eigenvalue weighted by molar-refractivity contribution is 5.92. The minimum Gasteiger partial charge on any atom is -0.497 e. The molecule has 1 atom stereocenters. The van der Waals surface area contributed by atoms with E-state index in [4.69, 9.17) is 9.47 Å². The second kappa shape index (κ2) is 7.38. The molecule has 1 fully saturated rings. The smallest absolute Gasteiger partial charge is 0.272 e. The third-order valence-corrected chi connectivity index (χ3v) is 4.37. The van der Waals surface area contributed by atoms with Crippen molar-refractivity contribution in [2.75, 3.05) is 26.8 Å². The summed E-state index contributed by atoms with van der Waals surface area (Å²) in [6, 6.07) is 7.60. The number of aryl methyl sites for hydroxylation is 1. The number of ether oxygens (including phenoxy) is 2. The molecular formula is C18H23N3O3. The molecule has 1 unspecified atom stereocenters. The molecule has 3 rings (SSSR count). The van der Waals surface area contributed by atoms with Crippen LogP contribution in [0.3, 0.4) is 0 Å². The van der Waals surface area contributed by atoms with Gasteiger partial charge in [-0.1, -0.05) is 6.07 Å². The van der Waals surface area contributed by atoms with Crippen LogP contribution < -0.4 is 9.47 Å². The van der Waals surface area contributed by atoms with Crippen molar-refractivity contribution in [2.45, 2.75) is 12.8 Å². The number of likely N-dealkylation sites (tertiary alicyclic amines) is 1. The molecule has 128 valence electrons. The van der Waals surface area contributed by atoms with Gasteiger partial charge in [-0.2, -0.15) is 0 Å². The number of piperidine rings is 1. The summed E-state index contributed by atoms with van der Waals surface area (Å²) in [6.45, 7) is 2.11. The first-order valence-electron chi connectivity index (χ1n) is 8.20. The normalized spacial score (nSPS) is 17.6. The van der Waals surface area contributed by atoms with E-state index in [9.17, 15) is 4.79 Å². The van der Waals surface area contributed by atoms with Crippen molar-refractivity contribution in [3.05, 3.63) is 42.5 Å².